The maximum atomic E-state index is 3.85. The van der Waals surface area contributed by atoms with Crippen molar-refractivity contribution in [1.82, 2.24) is 4.90 Å². The smallest absolute Gasteiger partial charge is 0.0275 e. The van der Waals surface area contributed by atoms with Gasteiger partial charge in [0.25, 0.3) is 0 Å². The first kappa shape index (κ1) is 5.67. The first-order chi connectivity index (χ1) is 3.72. The van der Waals surface area contributed by atoms with Crippen LogP contribution >= 0.6 is 0 Å². The Morgan fingerprint density at radius 1 is 1.75 bits per heavy atom. The molecule has 0 radical (unpaired) electrons. The van der Waals surface area contributed by atoms with E-state index in [2.05, 4.69) is 25.3 Å². The van der Waals surface area contributed by atoms with Gasteiger partial charge in [0.05, 0.1) is 0 Å². The first-order valence-electron chi connectivity index (χ1n) is 3.14. The van der Waals surface area contributed by atoms with Gasteiger partial charge in [-0.3, -0.25) is 0 Å². The SMILES string of the molecule is C=C(C)N1CCC1C. The summed E-state index contributed by atoms with van der Waals surface area (Å²) < 4.78 is 0. The quantitative estimate of drug-likeness (QED) is 0.497. The van der Waals surface area contributed by atoms with Crippen LogP contribution in [0, 0.1) is 0 Å². The Morgan fingerprint density at radius 2 is 2.38 bits per heavy atom. The van der Waals surface area contributed by atoms with Crippen molar-refractivity contribution in [2.24, 2.45) is 0 Å². The van der Waals surface area contributed by atoms with Crippen molar-refractivity contribution in [3.63, 3.8) is 0 Å². The lowest BCUT2D eigenvalue weighted by atomic mass is 10.1. The molecule has 1 aliphatic rings. The molecule has 0 aromatic heterocycles. The number of hydrogen-bond acceptors (Lipinski definition) is 1. The zero-order chi connectivity index (χ0) is 6.15. The standard InChI is InChI=1S/C7H13N/c1-6(2)8-5-4-7(8)3/h7H,1,4-5H2,2-3H3. The number of likely N-dealkylation sites (tertiary alicyclic amines) is 1. The molecule has 1 saturated heterocycles. The highest BCUT2D eigenvalue weighted by Gasteiger charge is 2.21. The van der Waals surface area contributed by atoms with Gasteiger partial charge in [-0.1, -0.05) is 6.58 Å². The Kier molecular flexibility index (Phi) is 1.28. The second kappa shape index (κ2) is 1.81. The second-order valence-electron chi connectivity index (χ2n) is 2.57. The van der Waals surface area contributed by atoms with Crippen LogP contribution in [0.25, 0.3) is 0 Å². The molecular weight excluding hydrogens is 98.1 g/mol. The molecule has 0 saturated carbocycles. The van der Waals surface area contributed by atoms with Crippen molar-refractivity contribution < 1.29 is 0 Å². The van der Waals surface area contributed by atoms with Crippen molar-refractivity contribution in [2.45, 2.75) is 26.3 Å². The van der Waals surface area contributed by atoms with E-state index in [1.807, 2.05) is 0 Å². The highest BCUT2D eigenvalue weighted by Crippen LogP contribution is 2.20. The van der Waals surface area contributed by atoms with E-state index in [1.165, 1.54) is 18.7 Å². The van der Waals surface area contributed by atoms with E-state index in [-0.39, 0.29) is 0 Å². The molecule has 1 heterocycles. The summed E-state index contributed by atoms with van der Waals surface area (Å²) in [5.74, 6) is 0. The topological polar surface area (TPSA) is 3.24 Å². The molecule has 0 bridgehead atoms. The molecule has 1 aliphatic heterocycles. The summed E-state index contributed by atoms with van der Waals surface area (Å²) in [5.41, 5.74) is 1.21. The maximum Gasteiger partial charge on any atom is 0.0275 e. The first-order valence-corrected chi connectivity index (χ1v) is 3.14. The number of allylic oxidation sites excluding steroid dienone is 1. The van der Waals surface area contributed by atoms with E-state index in [4.69, 9.17) is 0 Å². The third kappa shape index (κ3) is 0.726. The molecule has 0 aromatic rings. The predicted molar refractivity (Wildman–Crippen MR) is 35.6 cm³/mol. The summed E-state index contributed by atoms with van der Waals surface area (Å²) in [6, 6.07) is 0.757. The van der Waals surface area contributed by atoms with Crippen LogP contribution in [0.1, 0.15) is 20.3 Å². The van der Waals surface area contributed by atoms with E-state index >= 15 is 0 Å². The van der Waals surface area contributed by atoms with Crippen LogP contribution in [0.15, 0.2) is 12.3 Å². The summed E-state index contributed by atoms with van der Waals surface area (Å²) in [5, 5.41) is 0. The molecule has 46 valence electrons. The third-order valence-corrected chi connectivity index (χ3v) is 1.81. The van der Waals surface area contributed by atoms with Crippen LogP contribution in [-0.2, 0) is 0 Å². The summed E-state index contributed by atoms with van der Waals surface area (Å²) in [4.78, 5) is 2.32. The van der Waals surface area contributed by atoms with Gasteiger partial charge in [0.15, 0.2) is 0 Å². The lowest BCUT2D eigenvalue weighted by Gasteiger charge is -2.40. The van der Waals surface area contributed by atoms with E-state index in [0.717, 1.165) is 6.04 Å². The fourth-order valence-corrected chi connectivity index (χ4v) is 1.08. The highest BCUT2D eigenvalue weighted by molar-refractivity contribution is 4.97. The third-order valence-electron chi connectivity index (χ3n) is 1.81. The summed E-state index contributed by atoms with van der Waals surface area (Å²) in [7, 11) is 0. The average molecular weight is 111 g/mol. The summed E-state index contributed by atoms with van der Waals surface area (Å²) in [6.07, 6.45) is 1.34. The number of nitrogens with zero attached hydrogens (tertiary/aromatic N) is 1. The monoisotopic (exact) mass is 111 g/mol. The lowest BCUT2D eigenvalue weighted by Crippen LogP contribution is -2.43. The highest BCUT2D eigenvalue weighted by atomic mass is 15.2. The fourth-order valence-electron chi connectivity index (χ4n) is 1.08. The van der Waals surface area contributed by atoms with Gasteiger partial charge < -0.3 is 4.90 Å². The van der Waals surface area contributed by atoms with Gasteiger partial charge in [0, 0.05) is 18.3 Å². The van der Waals surface area contributed by atoms with Crippen LogP contribution in [-0.4, -0.2) is 17.5 Å². The summed E-state index contributed by atoms with van der Waals surface area (Å²) in [6.45, 7) is 9.37. The van der Waals surface area contributed by atoms with Gasteiger partial charge in [0.2, 0.25) is 0 Å². The molecule has 1 rings (SSSR count). The molecule has 1 fully saturated rings. The molecule has 0 amide bonds. The zero-order valence-electron chi connectivity index (χ0n) is 5.65. The van der Waals surface area contributed by atoms with Crippen molar-refractivity contribution in [3.8, 4) is 0 Å². The lowest BCUT2D eigenvalue weighted by molar-refractivity contribution is 0.153. The van der Waals surface area contributed by atoms with Gasteiger partial charge in [-0.15, -0.1) is 0 Å². The zero-order valence-corrected chi connectivity index (χ0v) is 5.65. The molecule has 1 atom stereocenters. The molecular formula is C7H13N. The van der Waals surface area contributed by atoms with Crippen molar-refractivity contribution >= 4 is 0 Å². The summed E-state index contributed by atoms with van der Waals surface area (Å²) >= 11 is 0. The molecule has 8 heavy (non-hydrogen) atoms. The number of rotatable bonds is 1. The van der Waals surface area contributed by atoms with Crippen molar-refractivity contribution in [2.75, 3.05) is 6.54 Å². The normalized spacial score (nSPS) is 27.2. The van der Waals surface area contributed by atoms with Gasteiger partial charge >= 0.3 is 0 Å². The Morgan fingerprint density at radius 3 is 2.38 bits per heavy atom. The minimum Gasteiger partial charge on any atom is -0.373 e. The fraction of sp³-hybridized carbons (Fsp3) is 0.714. The Balaban J connectivity index is 2.37. The Bertz CT molecular complexity index is 107. The van der Waals surface area contributed by atoms with Crippen LogP contribution < -0.4 is 0 Å². The van der Waals surface area contributed by atoms with E-state index in [9.17, 15) is 0 Å². The minimum atomic E-state index is 0.757. The maximum absolute atomic E-state index is 3.85. The van der Waals surface area contributed by atoms with Crippen LogP contribution in [0.2, 0.25) is 0 Å². The molecule has 0 aliphatic carbocycles. The van der Waals surface area contributed by atoms with E-state index < -0.39 is 0 Å². The average Bonchev–Trinajstić information content (AvgIpc) is 1.61. The van der Waals surface area contributed by atoms with Crippen LogP contribution in [0.4, 0.5) is 0 Å². The predicted octanol–water partition coefficient (Wildman–Crippen LogP) is 1.61. The molecule has 1 heteroatoms. The molecule has 0 spiro atoms. The van der Waals surface area contributed by atoms with E-state index in [1.54, 1.807) is 0 Å². The van der Waals surface area contributed by atoms with Gasteiger partial charge in [-0.05, 0) is 20.3 Å². The number of hydrogen-bond donors (Lipinski definition) is 0. The molecule has 1 unspecified atom stereocenters. The van der Waals surface area contributed by atoms with Crippen molar-refractivity contribution in [3.05, 3.63) is 12.3 Å². The Hall–Kier alpha value is -0.460. The molecule has 1 nitrogen and oxygen atoms in total. The Labute approximate surface area is 51.0 Å². The minimum absolute atomic E-state index is 0.757. The second-order valence-corrected chi connectivity index (χ2v) is 2.57. The van der Waals surface area contributed by atoms with Crippen LogP contribution in [0.3, 0.4) is 0 Å². The molecule has 0 N–H and O–H groups in total. The van der Waals surface area contributed by atoms with Gasteiger partial charge in [-0.2, -0.15) is 0 Å². The van der Waals surface area contributed by atoms with Gasteiger partial charge in [0.1, 0.15) is 0 Å². The molecule has 0 aromatic carbocycles. The van der Waals surface area contributed by atoms with Gasteiger partial charge in [-0.25, -0.2) is 0 Å². The van der Waals surface area contributed by atoms with Crippen molar-refractivity contribution in [1.29, 1.82) is 0 Å². The largest absolute Gasteiger partial charge is 0.373 e. The van der Waals surface area contributed by atoms with E-state index in [0.29, 0.717) is 0 Å². The van der Waals surface area contributed by atoms with Crippen LogP contribution in [0.5, 0.6) is 0 Å².